The molecule has 5 heteroatoms. The van der Waals surface area contributed by atoms with E-state index < -0.39 is 0 Å². The molecule has 0 fully saturated rings. The van der Waals surface area contributed by atoms with Crippen molar-refractivity contribution in [1.82, 2.24) is 3.97 Å². The zero-order valence-corrected chi connectivity index (χ0v) is 15.5. The minimum atomic E-state index is 0. The van der Waals surface area contributed by atoms with Crippen molar-refractivity contribution >= 4 is 72.9 Å². The van der Waals surface area contributed by atoms with Crippen LogP contribution >= 0.6 is 23.7 Å². The zero-order chi connectivity index (χ0) is 9.42. The third-order valence-corrected chi connectivity index (χ3v) is 4.25. The first-order chi connectivity index (χ1) is 6.24. The Bertz CT molecular complexity index is 517. The van der Waals surface area contributed by atoms with Crippen molar-refractivity contribution in [2.45, 2.75) is 6.92 Å². The largest absolute Gasteiger partial charge is 0 e. The molecule has 1 aromatic heterocycles. The smallest absolute Gasteiger partial charge is 0 e. The van der Waals surface area contributed by atoms with Crippen LogP contribution in [-0.4, -0.2) is 31.3 Å². The molecule has 0 aliphatic heterocycles. The summed E-state index contributed by atoms with van der Waals surface area (Å²) in [6, 6.07) is 6.34. The molecule has 0 saturated carbocycles. The predicted octanol–water partition coefficient (Wildman–Crippen LogP) is 3.23. The van der Waals surface area contributed by atoms with Gasteiger partial charge in [-0.3, -0.25) is 0 Å². The fourth-order valence-electron chi connectivity index (χ4n) is 1.35. The summed E-state index contributed by atoms with van der Waals surface area (Å²) in [5, 5.41) is 1.25. The molecule has 0 amide bonds. The van der Waals surface area contributed by atoms with Crippen LogP contribution in [0.3, 0.4) is 0 Å². The van der Waals surface area contributed by atoms with Gasteiger partial charge in [-0.05, 0) is 0 Å². The molecule has 1 aromatic carbocycles. The monoisotopic (exact) mass is 477 g/mol. The van der Waals surface area contributed by atoms with Gasteiger partial charge in [0.15, 0.2) is 0 Å². The van der Waals surface area contributed by atoms with Crippen LogP contribution in [-0.2, 0) is 10.9 Å². The normalized spacial score (nSPS) is 10.1. The average molecular weight is 477 g/mol. The van der Waals surface area contributed by atoms with Crippen LogP contribution in [0.4, 0.5) is 0 Å². The molecule has 14 heavy (non-hydrogen) atoms. The Morgan fingerprint density at radius 3 is 2.71 bits per heavy atom. The molecule has 1 radical (unpaired) electrons. The van der Waals surface area contributed by atoms with Crippen molar-refractivity contribution in [1.29, 1.82) is 0 Å². The molecule has 0 unspecified atom stereocenters. The van der Waals surface area contributed by atoms with Gasteiger partial charge in [0.05, 0.1) is 0 Å². The van der Waals surface area contributed by atoms with Crippen molar-refractivity contribution in [2.75, 3.05) is 0 Å². The van der Waals surface area contributed by atoms with Crippen LogP contribution in [0, 0.1) is 6.92 Å². The van der Waals surface area contributed by atoms with E-state index in [-0.39, 0.29) is 27.3 Å². The summed E-state index contributed by atoms with van der Waals surface area (Å²) in [6.07, 6.45) is 2.05. The van der Waals surface area contributed by atoms with Gasteiger partial charge in [-0.2, -0.15) is 0 Å². The Hall–Kier alpha value is 0.942. The molecular weight excluding hydrogens is 469 g/mol. The molecule has 0 aliphatic rings. The van der Waals surface area contributed by atoms with E-state index in [0.717, 1.165) is 10.9 Å². The number of aryl methyl sites for hydroxylation is 1. The van der Waals surface area contributed by atoms with E-state index in [0.29, 0.717) is 0 Å². The van der Waals surface area contributed by atoms with Crippen LogP contribution in [0.2, 0.25) is 0 Å². The summed E-state index contributed by atoms with van der Waals surface area (Å²) in [4.78, 5) is 0. The van der Waals surface area contributed by atoms with E-state index in [2.05, 4.69) is 52.8 Å². The van der Waals surface area contributed by atoms with E-state index in [1.807, 2.05) is 6.20 Å². The molecule has 0 aliphatic carbocycles. The first-order valence-electron chi connectivity index (χ1n) is 3.85. The summed E-state index contributed by atoms with van der Waals surface area (Å²) in [5.74, 6) is 0. The Balaban J connectivity index is 0.000000980. The number of hydrogen-bond acceptors (Lipinski definition) is 1. The van der Waals surface area contributed by atoms with Crippen LogP contribution in [0.5, 0.6) is 0 Å². The van der Waals surface area contributed by atoms with Gasteiger partial charge < -0.3 is 0 Å². The van der Waals surface area contributed by atoms with Gasteiger partial charge in [-0.15, -0.1) is 0 Å². The van der Waals surface area contributed by atoms with Gasteiger partial charge in [0.25, 0.3) is 0 Å². The summed E-state index contributed by atoms with van der Waals surface area (Å²) in [6.45, 7) is 2.10. The fraction of sp³-hybridized carbons (Fsp3) is 0.111. The van der Waals surface area contributed by atoms with Crippen molar-refractivity contribution in [3.05, 3.63) is 34.4 Å². The fourth-order valence-corrected chi connectivity index (χ4v) is 2.69. The molecule has 0 saturated heterocycles. The van der Waals surface area contributed by atoms with Crippen LogP contribution in [0.25, 0.3) is 10.9 Å². The van der Waals surface area contributed by atoms with Gasteiger partial charge in [-0.25, -0.2) is 0 Å². The van der Waals surface area contributed by atoms with E-state index in [9.17, 15) is 0 Å². The SMILES string of the molecule is Cc1ccc2c(ccn2[SH-]#P)c1Br.[Tl]. The molecular formula is C9H8BrNPSTl-. The predicted molar refractivity (Wildman–Crippen MR) is 71.2 cm³/mol. The molecule has 71 valence electrons. The first-order valence-corrected chi connectivity index (χ1v) is 6.65. The third-order valence-electron chi connectivity index (χ3n) is 2.08. The number of thiol groups is 1. The Labute approximate surface area is 117 Å². The second-order valence-corrected chi connectivity index (χ2v) is 4.82. The zero-order valence-electron chi connectivity index (χ0n) is 7.61. The molecule has 1 nitrogen and oxygen atoms in total. The van der Waals surface area contributed by atoms with Crippen molar-refractivity contribution in [2.24, 2.45) is 0 Å². The van der Waals surface area contributed by atoms with Gasteiger partial charge >= 0.3 is 90.9 Å². The number of aromatic nitrogens is 1. The molecule has 0 bridgehead atoms. The van der Waals surface area contributed by atoms with E-state index in [1.165, 1.54) is 20.9 Å². The first kappa shape index (κ1) is 13.0. The molecule has 0 spiro atoms. The molecule has 2 aromatic rings. The van der Waals surface area contributed by atoms with Crippen LogP contribution in [0.15, 0.2) is 28.9 Å². The maximum Gasteiger partial charge on any atom is 0 e. The Morgan fingerprint density at radius 2 is 2.07 bits per heavy atom. The number of benzene rings is 1. The topological polar surface area (TPSA) is 4.93 Å². The van der Waals surface area contributed by atoms with Gasteiger partial charge in [0.1, 0.15) is 0 Å². The second-order valence-electron chi connectivity index (χ2n) is 2.88. The summed E-state index contributed by atoms with van der Waals surface area (Å²) < 4.78 is 3.27. The number of hydrogen-bond donors (Lipinski definition) is 0. The third kappa shape index (κ3) is 2.20. The van der Waals surface area contributed by atoms with Crippen molar-refractivity contribution in [3.63, 3.8) is 0 Å². The standard InChI is InChI=1S/C9H8BrNPS.Tl/c1-6-2-3-8-7(9(6)10)4-5-11(8)13-12;/h2-5,13H,1H3;/q-1;. The molecule has 1 heterocycles. The number of halogens is 1. The number of fused-ring (bicyclic) bond motifs is 1. The van der Waals surface area contributed by atoms with Crippen molar-refractivity contribution < 1.29 is 0 Å². The van der Waals surface area contributed by atoms with Crippen molar-refractivity contribution in [3.8, 4) is 0 Å². The van der Waals surface area contributed by atoms with Gasteiger partial charge in [0.2, 0.25) is 0 Å². The van der Waals surface area contributed by atoms with Crippen LogP contribution in [0.1, 0.15) is 5.56 Å². The molecule has 0 atom stereocenters. The quantitative estimate of drug-likeness (QED) is 0.238. The number of nitrogens with zero attached hydrogens (tertiary/aromatic N) is 1. The van der Waals surface area contributed by atoms with Gasteiger partial charge in [0, 0.05) is 27.3 Å². The summed E-state index contributed by atoms with van der Waals surface area (Å²) in [7, 11) is 5.18. The van der Waals surface area contributed by atoms with Crippen LogP contribution < -0.4 is 0 Å². The molecule has 0 N–H and O–H groups in total. The van der Waals surface area contributed by atoms with E-state index in [1.54, 1.807) is 0 Å². The maximum absolute atomic E-state index is 4.23. The van der Waals surface area contributed by atoms with E-state index >= 15 is 0 Å². The summed E-state index contributed by atoms with van der Waals surface area (Å²) in [5.41, 5.74) is 2.48. The summed E-state index contributed by atoms with van der Waals surface area (Å²) >= 11 is 3.58. The minimum absolute atomic E-state index is 0. The van der Waals surface area contributed by atoms with E-state index in [4.69, 9.17) is 0 Å². The Kier molecular flexibility index (Phi) is 4.95. The van der Waals surface area contributed by atoms with Gasteiger partial charge in [-0.1, -0.05) is 0 Å². The Morgan fingerprint density at radius 1 is 1.36 bits per heavy atom. The second kappa shape index (κ2) is 5.32. The minimum Gasteiger partial charge on any atom is 0 e. The average Bonchev–Trinajstić information content (AvgIpc) is 2.55. The number of rotatable bonds is 0. The maximum atomic E-state index is 4.23. The molecule has 2 rings (SSSR count).